The molecule has 0 rings (SSSR count). The molecule has 0 aromatic rings. The van der Waals surface area contributed by atoms with E-state index in [1.165, 1.54) is 10.6 Å². The number of sulfonamides is 1. The highest BCUT2D eigenvalue weighted by atomic mass is 32.2. The number of aliphatic hydroxyl groups is 1. The van der Waals surface area contributed by atoms with Gasteiger partial charge in [0.05, 0.1) is 25.1 Å². The molecule has 0 heterocycles. The average molecular weight is 309 g/mol. The highest BCUT2D eigenvalue weighted by molar-refractivity contribution is 7.88. The van der Waals surface area contributed by atoms with Crippen molar-refractivity contribution in [3.63, 3.8) is 0 Å². The quantitative estimate of drug-likeness (QED) is 0.813. The van der Waals surface area contributed by atoms with Crippen molar-refractivity contribution < 1.29 is 18.3 Å². The third kappa shape index (κ3) is 6.52. The molecule has 0 unspecified atom stereocenters. The first-order valence-corrected chi connectivity index (χ1v) is 8.78. The van der Waals surface area contributed by atoms with E-state index in [9.17, 15) is 13.5 Å². The molecule has 0 aliphatic rings. The lowest BCUT2D eigenvalue weighted by atomic mass is 9.90. The van der Waals surface area contributed by atoms with Crippen LogP contribution >= 0.6 is 0 Å². The molecule has 0 aromatic heterocycles. The Morgan fingerprint density at radius 1 is 1.15 bits per heavy atom. The van der Waals surface area contributed by atoms with Crippen LogP contribution in [0.25, 0.3) is 0 Å². The number of nitrogens with zero attached hydrogens (tertiary/aromatic N) is 1. The summed E-state index contributed by atoms with van der Waals surface area (Å²) in [7, 11) is -3.36. The number of aliphatic hydroxyl groups excluding tert-OH is 1. The Balaban J connectivity index is 5.02. The molecule has 2 atom stereocenters. The van der Waals surface area contributed by atoms with Gasteiger partial charge in [-0.3, -0.25) is 0 Å². The van der Waals surface area contributed by atoms with Crippen molar-refractivity contribution in [2.24, 2.45) is 5.41 Å². The van der Waals surface area contributed by atoms with Gasteiger partial charge in [0.1, 0.15) is 0 Å². The molecule has 0 aliphatic heterocycles. The van der Waals surface area contributed by atoms with Crippen LogP contribution in [0.5, 0.6) is 0 Å². The number of rotatable bonds is 6. The van der Waals surface area contributed by atoms with Crippen LogP contribution in [-0.2, 0) is 14.8 Å². The van der Waals surface area contributed by atoms with Gasteiger partial charge in [-0.1, -0.05) is 20.8 Å². The SMILES string of the molecule is C[C@@H](O[C@H](CO)CN(C(C)(C)C)S(C)(=O)=O)C(C)(C)C. The second kappa shape index (κ2) is 6.73. The van der Waals surface area contributed by atoms with Crippen molar-refractivity contribution >= 4 is 10.0 Å². The van der Waals surface area contributed by atoms with E-state index >= 15 is 0 Å². The first-order chi connectivity index (χ1) is 8.69. The summed E-state index contributed by atoms with van der Waals surface area (Å²) in [5, 5.41) is 9.47. The van der Waals surface area contributed by atoms with Gasteiger partial charge < -0.3 is 9.84 Å². The second-order valence-corrected chi connectivity index (χ2v) is 9.32. The van der Waals surface area contributed by atoms with Crippen LogP contribution in [0.3, 0.4) is 0 Å². The first kappa shape index (κ1) is 19.8. The van der Waals surface area contributed by atoms with Crippen LogP contribution in [0, 0.1) is 5.41 Å². The Labute approximate surface area is 124 Å². The summed E-state index contributed by atoms with van der Waals surface area (Å²) in [6.45, 7) is 13.5. The van der Waals surface area contributed by atoms with Gasteiger partial charge >= 0.3 is 0 Å². The predicted octanol–water partition coefficient (Wildman–Crippen LogP) is 1.86. The van der Waals surface area contributed by atoms with Gasteiger partial charge in [-0.05, 0) is 33.1 Å². The van der Waals surface area contributed by atoms with Crippen LogP contribution in [0.2, 0.25) is 0 Å². The lowest BCUT2D eigenvalue weighted by Gasteiger charge is -2.37. The minimum absolute atomic E-state index is 0.0644. The zero-order valence-electron chi connectivity index (χ0n) is 14.1. The third-order valence-electron chi connectivity index (χ3n) is 3.34. The maximum atomic E-state index is 11.9. The van der Waals surface area contributed by atoms with Crippen molar-refractivity contribution in [2.45, 2.75) is 66.2 Å². The zero-order valence-corrected chi connectivity index (χ0v) is 14.9. The van der Waals surface area contributed by atoms with E-state index in [0.29, 0.717) is 0 Å². The van der Waals surface area contributed by atoms with E-state index in [1.54, 1.807) is 0 Å². The molecule has 0 spiro atoms. The average Bonchev–Trinajstić information content (AvgIpc) is 2.18. The van der Waals surface area contributed by atoms with Crippen molar-refractivity contribution in [3.8, 4) is 0 Å². The van der Waals surface area contributed by atoms with Gasteiger partial charge in [0.25, 0.3) is 0 Å². The lowest BCUT2D eigenvalue weighted by Crippen LogP contribution is -2.50. The molecule has 0 amide bonds. The molecule has 20 heavy (non-hydrogen) atoms. The predicted molar refractivity (Wildman–Crippen MR) is 82.2 cm³/mol. The summed E-state index contributed by atoms with van der Waals surface area (Å²) in [5.41, 5.74) is -0.611. The van der Waals surface area contributed by atoms with Crippen molar-refractivity contribution in [1.29, 1.82) is 0 Å². The lowest BCUT2D eigenvalue weighted by molar-refractivity contribution is -0.0830. The molecule has 5 nitrogen and oxygen atoms in total. The van der Waals surface area contributed by atoms with E-state index < -0.39 is 21.7 Å². The molecular weight excluding hydrogens is 278 g/mol. The summed E-state index contributed by atoms with van der Waals surface area (Å²) in [5.74, 6) is 0. The largest absolute Gasteiger partial charge is 0.394 e. The maximum absolute atomic E-state index is 11.9. The highest BCUT2D eigenvalue weighted by Gasteiger charge is 2.33. The van der Waals surface area contributed by atoms with E-state index in [4.69, 9.17) is 4.74 Å². The van der Waals surface area contributed by atoms with Crippen LogP contribution in [0.15, 0.2) is 0 Å². The minimum atomic E-state index is -3.36. The molecular formula is C14H31NO4S. The zero-order chi connectivity index (χ0) is 16.4. The maximum Gasteiger partial charge on any atom is 0.211 e. The Bertz CT molecular complexity index is 392. The molecule has 0 saturated carbocycles. The molecule has 0 fully saturated rings. The normalized spacial score (nSPS) is 17.3. The monoisotopic (exact) mass is 309 g/mol. The van der Waals surface area contributed by atoms with E-state index in [1.807, 2.05) is 48.5 Å². The fourth-order valence-electron chi connectivity index (χ4n) is 1.73. The second-order valence-electron chi connectivity index (χ2n) is 7.41. The summed E-state index contributed by atoms with van der Waals surface area (Å²) in [6, 6.07) is 0. The Morgan fingerprint density at radius 3 is 1.85 bits per heavy atom. The summed E-state index contributed by atoms with van der Waals surface area (Å²) >= 11 is 0. The van der Waals surface area contributed by atoms with Gasteiger partial charge in [0.15, 0.2) is 0 Å². The van der Waals surface area contributed by atoms with Crippen molar-refractivity contribution in [1.82, 2.24) is 4.31 Å². The number of hydrogen-bond acceptors (Lipinski definition) is 4. The fraction of sp³-hybridized carbons (Fsp3) is 1.00. The summed E-state index contributed by atoms with van der Waals surface area (Å²) in [4.78, 5) is 0. The van der Waals surface area contributed by atoms with Crippen LogP contribution in [-0.4, -0.2) is 55.0 Å². The molecule has 0 radical (unpaired) electrons. The van der Waals surface area contributed by atoms with Crippen molar-refractivity contribution in [2.75, 3.05) is 19.4 Å². The van der Waals surface area contributed by atoms with Crippen LogP contribution in [0.1, 0.15) is 48.5 Å². The molecule has 0 aliphatic carbocycles. The molecule has 122 valence electrons. The number of hydrogen-bond donors (Lipinski definition) is 1. The van der Waals surface area contributed by atoms with Gasteiger partial charge in [-0.15, -0.1) is 0 Å². The van der Waals surface area contributed by atoms with Crippen LogP contribution in [0.4, 0.5) is 0 Å². The third-order valence-corrected chi connectivity index (χ3v) is 4.84. The Kier molecular flexibility index (Phi) is 6.67. The Hall–Kier alpha value is -0.170. The van der Waals surface area contributed by atoms with E-state index in [-0.39, 0.29) is 24.7 Å². The highest BCUT2D eigenvalue weighted by Crippen LogP contribution is 2.24. The summed E-state index contributed by atoms with van der Waals surface area (Å²) < 4.78 is 31.0. The topological polar surface area (TPSA) is 66.8 Å². The molecule has 0 bridgehead atoms. The molecule has 6 heteroatoms. The minimum Gasteiger partial charge on any atom is -0.394 e. The molecule has 1 N–H and O–H groups in total. The van der Waals surface area contributed by atoms with E-state index in [2.05, 4.69) is 0 Å². The standard InChI is InChI=1S/C14H31NO4S/c1-11(13(2,3)4)19-12(10-16)9-15(14(5,6)7)20(8,17)18/h11-12,16H,9-10H2,1-8H3/t11-,12+/m1/s1. The van der Waals surface area contributed by atoms with Gasteiger partial charge in [-0.25, -0.2) is 8.42 Å². The van der Waals surface area contributed by atoms with Gasteiger partial charge in [0.2, 0.25) is 10.0 Å². The van der Waals surface area contributed by atoms with Gasteiger partial charge in [-0.2, -0.15) is 4.31 Å². The Morgan fingerprint density at radius 2 is 1.60 bits per heavy atom. The summed E-state index contributed by atoms with van der Waals surface area (Å²) in [6.07, 6.45) is 0.569. The first-order valence-electron chi connectivity index (χ1n) is 6.93. The van der Waals surface area contributed by atoms with Crippen molar-refractivity contribution in [3.05, 3.63) is 0 Å². The smallest absolute Gasteiger partial charge is 0.211 e. The molecule has 0 aromatic carbocycles. The number of ether oxygens (including phenoxy) is 1. The molecule has 0 saturated heterocycles. The fourth-order valence-corrected chi connectivity index (χ4v) is 3.16. The van der Waals surface area contributed by atoms with Crippen LogP contribution < -0.4 is 0 Å². The van der Waals surface area contributed by atoms with E-state index in [0.717, 1.165) is 0 Å². The van der Waals surface area contributed by atoms with Gasteiger partial charge in [0, 0.05) is 12.1 Å².